The number of aromatic nitrogens is 2. The lowest BCUT2D eigenvalue weighted by atomic mass is 9.89. The van der Waals surface area contributed by atoms with Crippen molar-refractivity contribution in [2.45, 2.75) is 19.5 Å². The Bertz CT molecular complexity index is 832. The van der Waals surface area contributed by atoms with Gasteiger partial charge in [-0.25, -0.2) is 4.98 Å². The summed E-state index contributed by atoms with van der Waals surface area (Å²) < 4.78 is 2.19. The molecule has 4 nitrogen and oxygen atoms in total. The van der Waals surface area contributed by atoms with Crippen LogP contribution in [-0.4, -0.2) is 33.3 Å². The third kappa shape index (κ3) is 2.97. The van der Waals surface area contributed by atoms with Crippen LogP contribution in [0.3, 0.4) is 0 Å². The van der Waals surface area contributed by atoms with Gasteiger partial charge in [0.1, 0.15) is 0 Å². The summed E-state index contributed by atoms with van der Waals surface area (Å²) in [5.41, 5.74) is 3.04. The van der Waals surface area contributed by atoms with Gasteiger partial charge in [0.05, 0.1) is 24.0 Å². The van der Waals surface area contributed by atoms with Crippen molar-refractivity contribution >= 4 is 16.8 Å². The van der Waals surface area contributed by atoms with Gasteiger partial charge in [-0.2, -0.15) is 0 Å². The minimum absolute atomic E-state index is 0.156. The van der Waals surface area contributed by atoms with Gasteiger partial charge in [-0.1, -0.05) is 42.5 Å². The molecular formula is C20H21N3O. The van der Waals surface area contributed by atoms with Crippen molar-refractivity contribution in [1.82, 2.24) is 14.5 Å². The first kappa shape index (κ1) is 15.1. The first-order valence-corrected chi connectivity index (χ1v) is 8.53. The smallest absolute Gasteiger partial charge is 0.166 e. The molecule has 24 heavy (non-hydrogen) atoms. The molecule has 0 aliphatic carbocycles. The van der Waals surface area contributed by atoms with Gasteiger partial charge in [0.15, 0.2) is 5.78 Å². The van der Waals surface area contributed by atoms with E-state index in [0.29, 0.717) is 5.78 Å². The highest BCUT2D eigenvalue weighted by molar-refractivity contribution is 5.97. The molecule has 1 aliphatic rings. The molecule has 0 N–H and O–H groups in total. The maximum atomic E-state index is 12.6. The molecule has 1 aromatic heterocycles. The lowest BCUT2D eigenvalue weighted by molar-refractivity contribution is 0.0813. The molecule has 3 aromatic rings. The van der Waals surface area contributed by atoms with Crippen molar-refractivity contribution in [3.05, 3.63) is 66.5 Å². The molecule has 1 fully saturated rings. The minimum atomic E-state index is 0.156. The van der Waals surface area contributed by atoms with E-state index in [4.69, 9.17) is 0 Å². The third-order valence-corrected chi connectivity index (χ3v) is 4.90. The highest BCUT2D eigenvalue weighted by Gasteiger charge is 2.25. The molecule has 2 heterocycles. The van der Waals surface area contributed by atoms with Crippen LogP contribution in [0.4, 0.5) is 0 Å². The molecule has 4 heteroatoms. The van der Waals surface area contributed by atoms with Crippen LogP contribution < -0.4 is 0 Å². The summed E-state index contributed by atoms with van der Waals surface area (Å²) in [7, 11) is 0. The van der Waals surface area contributed by atoms with Gasteiger partial charge in [-0.15, -0.1) is 0 Å². The van der Waals surface area contributed by atoms with Crippen molar-refractivity contribution < 1.29 is 4.79 Å². The summed E-state index contributed by atoms with van der Waals surface area (Å²) in [5, 5.41) is 0. The Morgan fingerprint density at radius 2 is 1.71 bits per heavy atom. The van der Waals surface area contributed by atoms with Gasteiger partial charge in [0.25, 0.3) is 0 Å². The van der Waals surface area contributed by atoms with Crippen LogP contribution in [-0.2, 0) is 6.67 Å². The number of hydrogen-bond donors (Lipinski definition) is 0. The number of para-hydroxylation sites is 2. The highest BCUT2D eigenvalue weighted by Crippen LogP contribution is 2.23. The first-order valence-electron chi connectivity index (χ1n) is 8.53. The van der Waals surface area contributed by atoms with Gasteiger partial charge >= 0.3 is 0 Å². The van der Waals surface area contributed by atoms with E-state index in [9.17, 15) is 4.79 Å². The number of rotatable bonds is 4. The average Bonchev–Trinajstić information content (AvgIpc) is 3.06. The molecule has 0 saturated carbocycles. The van der Waals surface area contributed by atoms with Gasteiger partial charge in [0, 0.05) is 24.6 Å². The number of benzene rings is 2. The number of carbonyl (C=O) groups excluding carboxylic acids is 1. The second kappa shape index (κ2) is 6.57. The Morgan fingerprint density at radius 1 is 1.00 bits per heavy atom. The molecule has 4 rings (SSSR count). The third-order valence-electron chi connectivity index (χ3n) is 4.90. The maximum absolute atomic E-state index is 12.6. The predicted molar refractivity (Wildman–Crippen MR) is 94.8 cm³/mol. The van der Waals surface area contributed by atoms with Crippen LogP contribution in [0.15, 0.2) is 60.9 Å². The van der Waals surface area contributed by atoms with E-state index >= 15 is 0 Å². The Morgan fingerprint density at radius 3 is 2.50 bits per heavy atom. The molecule has 1 saturated heterocycles. The molecule has 0 unspecified atom stereocenters. The molecule has 0 atom stereocenters. The lowest BCUT2D eigenvalue weighted by Gasteiger charge is -2.31. The monoisotopic (exact) mass is 319 g/mol. The maximum Gasteiger partial charge on any atom is 0.166 e. The van der Waals surface area contributed by atoms with E-state index in [-0.39, 0.29) is 5.92 Å². The first-order chi connectivity index (χ1) is 11.8. The molecule has 0 radical (unpaired) electrons. The predicted octanol–water partition coefficient (Wildman–Crippen LogP) is 3.59. The zero-order valence-corrected chi connectivity index (χ0v) is 13.6. The largest absolute Gasteiger partial charge is 0.317 e. The average molecular weight is 319 g/mol. The second-order valence-electron chi connectivity index (χ2n) is 6.47. The van der Waals surface area contributed by atoms with Crippen molar-refractivity contribution in [3.63, 3.8) is 0 Å². The Labute approximate surface area is 141 Å². The van der Waals surface area contributed by atoms with Crippen molar-refractivity contribution in [2.75, 3.05) is 13.1 Å². The number of hydrogen-bond acceptors (Lipinski definition) is 3. The van der Waals surface area contributed by atoms with Gasteiger partial charge < -0.3 is 4.57 Å². The van der Waals surface area contributed by atoms with E-state index in [1.54, 1.807) is 0 Å². The molecular weight excluding hydrogens is 298 g/mol. The molecule has 0 amide bonds. The van der Waals surface area contributed by atoms with E-state index < -0.39 is 0 Å². The molecule has 0 bridgehead atoms. The quantitative estimate of drug-likeness (QED) is 0.690. The Hall–Kier alpha value is -2.46. The number of fused-ring (bicyclic) bond motifs is 1. The SMILES string of the molecule is O=C(c1ccccc1)C1CCN(Cn2cnc3ccccc32)CC1. The molecule has 0 spiro atoms. The summed E-state index contributed by atoms with van der Waals surface area (Å²) >= 11 is 0. The highest BCUT2D eigenvalue weighted by atomic mass is 16.1. The fourth-order valence-corrected chi connectivity index (χ4v) is 3.51. The fraction of sp³-hybridized carbons (Fsp3) is 0.300. The number of Topliss-reactive ketones (excluding diaryl/α,β-unsaturated/α-hetero) is 1. The minimum Gasteiger partial charge on any atom is -0.317 e. The summed E-state index contributed by atoms with van der Waals surface area (Å²) in [6, 6.07) is 17.9. The number of ketones is 1. The summed E-state index contributed by atoms with van der Waals surface area (Å²) in [6.45, 7) is 2.75. The van der Waals surface area contributed by atoms with Crippen LogP contribution in [0, 0.1) is 5.92 Å². The van der Waals surface area contributed by atoms with Crippen molar-refractivity contribution in [1.29, 1.82) is 0 Å². The van der Waals surface area contributed by atoms with Crippen LogP contribution in [0.2, 0.25) is 0 Å². The lowest BCUT2D eigenvalue weighted by Crippen LogP contribution is -2.37. The van der Waals surface area contributed by atoms with E-state index in [0.717, 1.165) is 43.7 Å². The molecule has 1 aliphatic heterocycles. The number of carbonyl (C=O) groups is 1. The van der Waals surface area contributed by atoms with Crippen molar-refractivity contribution in [2.24, 2.45) is 5.92 Å². The number of likely N-dealkylation sites (tertiary alicyclic amines) is 1. The zero-order chi connectivity index (χ0) is 16.4. The normalized spacial score (nSPS) is 16.5. The van der Waals surface area contributed by atoms with Crippen LogP contribution in [0.25, 0.3) is 11.0 Å². The van der Waals surface area contributed by atoms with Crippen LogP contribution >= 0.6 is 0 Å². The van der Waals surface area contributed by atoms with E-state index in [1.165, 1.54) is 5.52 Å². The second-order valence-corrected chi connectivity index (χ2v) is 6.47. The van der Waals surface area contributed by atoms with E-state index in [1.807, 2.05) is 54.9 Å². The number of piperidine rings is 1. The zero-order valence-electron chi connectivity index (χ0n) is 13.6. The Kier molecular flexibility index (Phi) is 4.13. The van der Waals surface area contributed by atoms with Gasteiger partial charge in [0.2, 0.25) is 0 Å². The standard InChI is InChI=1S/C20H21N3O/c24-20(16-6-2-1-3-7-16)17-10-12-22(13-11-17)15-23-14-21-18-8-4-5-9-19(18)23/h1-9,14,17H,10-13,15H2. The van der Waals surface area contributed by atoms with E-state index in [2.05, 4.69) is 20.5 Å². The summed E-state index contributed by atoms with van der Waals surface area (Å²) in [6.07, 6.45) is 3.77. The number of nitrogens with zero attached hydrogens (tertiary/aromatic N) is 3. The summed E-state index contributed by atoms with van der Waals surface area (Å²) in [4.78, 5) is 19.4. The molecule has 122 valence electrons. The van der Waals surface area contributed by atoms with Crippen LogP contribution in [0.5, 0.6) is 0 Å². The fourth-order valence-electron chi connectivity index (χ4n) is 3.51. The molecule has 2 aromatic carbocycles. The number of imidazole rings is 1. The van der Waals surface area contributed by atoms with Gasteiger partial charge in [-0.3, -0.25) is 9.69 Å². The van der Waals surface area contributed by atoms with Crippen molar-refractivity contribution in [3.8, 4) is 0 Å². The van der Waals surface area contributed by atoms with Gasteiger partial charge in [-0.05, 0) is 25.0 Å². The van der Waals surface area contributed by atoms with Crippen LogP contribution in [0.1, 0.15) is 23.2 Å². The topological polar surface area (TPSA) is 38.1 Å². The Balaban J connectivity index is 1.39. The summed E-state index contributed by atoms with van der Waals surface area (Å²) in [5.74, 6) is 0.450.